The van der Waals surface area contributed by atoms with Gasteiger partial charge < -0.3 is 0 Å². The zero-order valence-electron chi connectivity index (χ0n) is 8.90. The number of fused-ring (bicyclic) bond motifs is 3. The fourth-order valence-electron chi connectivity index (χ4n) is 2.18. The number of benzene rings is 1. The molecule has 0 spiro atoms. The average molecular weight is 215 g/mol. The number of rotatable bonds is 0. The largest absolute Gasteiger partial charge is 0.275 e. The van der Waals surface area contributed by atoms with Crippen molar-refractivity contribution in [1.29, 1.82) is 0 Å². The van der Waals surface area contributed by atoms with E-state index in [1.807, 2.05) is 11.8 Å². The van der Waals surface area contributed by atoms with E-state index in [1.54, 1.807) is 0 Å². The van der Waals surface area contributed by atoms with Crippen molar-refractivity contribution in [3.8, 4) is 0 Å². The van der Waals surface area contributed by atoms with E-state index in [-0.39, 0.29) is 0 Å². The molecule has 2 heteroatoms. The van der Waals surface area contributed by atoms with Crippen LogP contribution in [0.25, 0.3) is 0 Å². The molecule has 0 aromatic heterocycles. The van der Waals surface area contributed by atoms with Crippen LogP contribution in [0.1, 0.15) is 24.0 Å². The lowest BCUT2D eigenvalue weighted by Gasteiger charge is -2.16. The molecule has 0 saturated carbocycles. The lowest BCUT2D eigenvalue weighted by atomic mass is 9.95. The Balaban J connectivity index is 2.08. The number of allylic oxidation sites excluding steroid dienone is 1. The van der Waals surface area contributed by atoms with E-state index >= 15 is 0 Å². The molecule has 2 aliphatic heterocycles. The summed E-state index contributed by atoms with van der Waals surface area (Å²) in [6.45, 7) is 4.22. The van der Waals surface area contributed by atoms with Gasteiger partial charge in [0.2, 0.25) is 0 Å². The Morgan fingerprint density at radius 1 is 1.27 bits per heavy atom. The predicted molar refractivity (Wildman–Crippen MR) is 65.8 cm³/mol. The van der Waals surface area contributed by atoms with Crippen molar-refractivity contribution in [2.75, 3.05) is 0 Å². The molecule has 2 unspecified atom stereocenters. The van der Waals surface area contributed by atoms with Gasteiger partial charge in [0.15, 0.2) is 0 Å². The molecule has 0 bridgehead atoms. The van der Waals surface area contributed by atoms with Crippen LogP contribution in [0, 0.1) is 6.92 Å². The first-order valence-corrected chi connectivity index (χ1v) is 6.12. The maximum absolute atomic E-state index is 4.68. The van der Waals surface area contributed by atoms with Crippen molar-refractivity contribution in [1.82, 2.24) is 0 Å². The Bertz CT molecular complexity index is 473. The molecule has 0 N–H and O–H groups in total. The van der Waals surface area contributed by atoms with Gasteiger partial charge in [0, 0.05) is 16.5 Å². The minimum absolute atomic E-state index is 0.381. The van der Waals surface area contributed by atoms with Crippen molar-refractivity contribution < 1.29 is 0 Å². The van der Waals surface area contributed by atoms with Crippen LogP contribution in [0.3, 0.4) is 0 Å². The highest BCUT2D eigenvalue weighted by Crippen LogP contribution is 2.48. The molecule has 0 radical (unpaired) electrons. The monoisotopic (exact) mass is 215 g/mol. The van der Waals surface area contributed by atoms with Crippen LogP contribution < -0.4 is 0 Å². The van der Waals surface area contributed by atoms with Gasteiger partial charge in [0.05, 0.1) is 0 Å². The first-order chi connectivity index (χ1) is 7.24. The van der Waals surface area contributed by atoms with E-state index in [0.29, 0.717) is 11.3 Å². The second-order valence-corrected chi connectivity index (χ2v) is 5.36. The van der Waals surface area contributed by atoms with Crippen LogP contribution in [0.15, 0.2) is 40.2 Å². The number of hydrogen-bond acceptors (Lipinski definition) is 2. The van der Waals surface area contributed by atoms with E-state index < -0.39 is 0 Å². The fourth-order valence-corrected chi connectivity index (χ4v) is 3.53. The number of dihydropyridines is 1. The molecule has 1 aromatic carbocycles. The van der Waals surface area contributed by atoms with E-state index in [0.717, 1.165) is 5.71 Å². The highest BCUT2D eigenvalue weighted by molar-refractivity contribution is 8.00. The van der Waals surface area contributed by atoms with Gasteiger partial charge in [-0.2, -0.15) is 0 Å². The Hall–Kier alpha value is -1.02. The maximum atomic E-state index is 4.68. The molecule has 1 aromatic rings. The third-order valence-corrected chi connectivity index (χ3v) is 4.22. The summed E-state index contributed by atoms with van der Waals surface area (Å²) >= 11 is 1.89. The Kier molecular flexibility index (Phi) is 1.99. The fraction of sp³-hybridized carbons (Fsp3) is 0.308. The van der Waals surface area contributed by atoms with Crippen LogP contribution in [0.4, 0.5) is 0 Å². The second-order valence-electron chi connectivity index (χ2n) is 4.21. The predicted octanol–water partition coefficient (Wildman–Crippen LogP) is 3.54. The normalized spacial score (nSPS) is 27.2. The summed E-state index contributed by atoms with van der Waals surface area (Å²) in [5.41, 5.74) is 3.94. The van der Waals surface area contributed by atoms with Gasteiger partial charge in [0.25, 0.3) is 0 Å². The molecule has 76 valence electrons. The van der Waals surface area contributed by atoms with Gasteiger partial charge in [-0.1, -0.05) is 35.5 Å². The van der Waals surface area contributed by atoms with Crippen molar-refractivity contribution in [3.05, 3.63) is 41.5 Å². The van der Waals surface area contributed by atoms with Gasteiger partial charge in [-0.05, 0) is 31.6 Å². The van der Waals surface area contributed by atoms with Crippen LogP contribution in [0.2, 0.25) is 0 Å². The number of nitrogens with zero attached hydrogens (tertiary/aromatic N) is 1. The highest BCUT2D eigenvalue weighted by Gasteiger charge is 2.32. The average Bonchev–Trinajstić information content (AvgIpc) is 2.54. The molecule has 2 atom stereocenters. The summed E-state index contributed by atoms with van der Waals surface area (Å²) in [5.74, 6) is 0.494. The zero-order chi connectivity index (χ0) is 10.4. The van der Waals surface area contributed by atoms with Gasteiger partial charge >= 0.3 is 0 Å². The molecule has 15 heavy (non-hydrogen) atoms. The molecule has 1 nitrogen and oxygen atoms in total. The van der Waals surface area contributed by atoms with Crippen LogP contribution >= 0.6 is 11.8 Å². The Morgan fingerprint density at radius 3 is 3.00 bits per heavy atom. The van der Waals surface area contributed by atoms with Crippen LogP contribution in [0.5, 0.6) is 0 Å². The van der Waals surface area contributed by atoms with Crippen molar-refractivity contribution in [2.24, 2.45) is 4.99 Å². The standard InChI is InChI=1S/C13H13NS/c1-8-3-6-12-11(7-8)10-5-4-9(2)14-13(10)15-12/h3-7,10,13H,1-2H3. The quantitative estimate of drug-likeness (QED) is 0.644. The summed E-state index contributed by atoms with van der Waals surface area (Å²) in [7, 11) is 0. The molecule has 0 aliphatic carbocycles. The minimum Gasteiger partial charge on any atom is -0.275 e. The first-order valence-electron chi connectivity index (χ1n) is 5.24. The van der Waals surface area contributed by atoms with Gasteiger partial charge in [0.1, 0.15) is 5.37 Å². The van der Waals surface area contributed by atoms with Gasteiger partial charge in [-0.3, -0.25) is 4.99 Å². The molecule has 0 amide bonds. The molecule has 0 saturated heterocycles. The highest BCUT2D eigenvalue weighted by atomic mass is 32.2. The minimum atomic E-state index is 0.381. The lowest BCUT2D eigenvalue weighted by Crippen LogP contribution is -2.11. The Morgan fingerprint density at radius 2 is 2.13 bits per heavy atom. The van der Waals surface area contributed by atoms with Crippen LogP contribution in [-0.2, 0) is 0 Å². The van der Waals surface area contributed by atoms with Gasteiger partial charge in [-0.15, -0.1) is 0 Å². The SMILES string of the molecule is CC1=NC2Sc3ccc(C)cc3C2C=C1. The molecular weight excluding hydrogens is 202 g/mol. The summed E-state index contributed by atoms with van der Waals surface area (Å²) in [6, 6.07) is 6.71. The van der Waals surface area contributed by atoms with E-state index in [4.69, 9.17) is 0 Å². The number of aliphatic imine (C=N–C) groups is 1. The molecular formula is C13H13NS. The lowest BCUT2D eigenvalue weighted by molar-refractivity contribution is 0.799. The molecule has 0 fully saturated rings. The van der Waals surface area contributed by atoms with E-state index in [9.17, 15) is 0 Å². The third-order valence-electron chi connectivity index (χ3n) is 2.95. The molecule has 2 aliphatic rings. The zero-order valence-corrected chi connectivity index (χ0v) is 9.71. The second kappa shape index (κ2) is 3.24. The summed E-state index contributed by atoms with van der Waals surface area (Å²) in [4.78, 5) is 6.08. The molecule has 2 heterocycles. The molecule has 3 rings (SSSR count). The number of thioether (sulfide) groups is 1. The smallest absolute Gasteiger partial charge is 0.110 e. The Labute approximate surface area is 94.3 Å². The number of aryl methyl sites for hydroxylation is 1. The van der Waals surface area contributed by atoms with E-state index in [2.05, 4.69) is 49.2 Å². The summed E-state index contributed by atoms with van der Waals surface area (Å²) < 4.78 is 0. The van der Waals surface area contributed by atoms with E-state index in [1.165, 1.54) is 16.0 Å². The number of hydrogen-bond donors (Lipinski definition) is 0. The van der Waals surface area contributed by atoms with Gasteiger partial charge in [-0.25, -0.2) is 0 Å². The summed E-state index contributed by atoms with van der Waals surface area (Å²) in [6.07, 6.45) is 4.43. The maximum Gasteiger partial charge on any atom is 0.110 e. The van der Waals surface area contributed by atoms with Crippen molar-refractivity contribution in [3.63, 3.8) is 0 Å². The third kappa shape index (κ3) is 1.44. The first kappa shape index (κ1) is 9.22. The van der Waals surface area contributed by atoms with Crippen molar-refractivity contribution >= 4 is 17.5 Å². The summed E-state index contributed by atoms with van der Waals surface area (Å²) in [5, 5.41) is 0.381. The van der Waals surface area contributed by atoms with Crippen LogP contribution in [-0.4, -0.2) is 11.1 Å². The van der Waals surface area contributed by atoms with Crippen molar-refractivity contribution in [2.45, 2.75) is 30.0 Å². The topological polar surface area (TPSA) is 12.4 Å².